The molecule has 1 aromatic carbocycles. The van der Waals surface area contributed by atoms with Crippen LogP contribution in [0.2, 0.25) is 0 Å². The minimum atomic E-state index is 0.0421. The summed E-state index contributed by atoms with van der Waals surface area (Å²) < 4.78 is 1.04. The smallest absolute Gasteiger partial charge is 0.234 e. The summed E-state index contributed by atoms with van der Waals surface area (Å²) in [5.41, 5.74) is 1.11. The van der Waals surface area contributed by atoms with E-state index < -0.39 is 0 Å². The molecule has 0 aliphatic carbocycles. The number of benzene rings is 1. The molecule has 0 aliphatic rings. The predicted molar refractivity (Wildman–Crippen MR) is 69.3 cm³/mol. The monoisotopic (exact) mass is 284 g/mol. The van der Waals surface area contributed by atoms with Crippen molar-refractivity contribution in [3.8, 4) is 0 Å². The van der Waals surface area contributed by atoms with Gasteiger partial charge in [-0.25, -0.2) is 0 Å². The summed E-state index contributed by atoms with van der Waals surface area (Å²) in [5, 5.41) is 2.95. The van der Waals surface area contributed by atoms with Gasteiger partial charge in [0.25, 0.3) is 0 Å². The molecule has 1 N–H and O–H groups in total. The van der Waals surface area contributed by atoms with Gasteiger partial charge in [0, 0.05) is 4.47 Å². The van der Waals surface area contributed by atoms with Crippen LogP contribution in [0, 0.1) is 0 Å². The van der Waals surface area contributed by atoms with E-state index in [-0.39, 0.29) is 11.9 Å². The molecule has 16 heavy (non-hydrogen) atoms. The summed E-state index contributed by atoms with van der Waals surface area (Å²) >= 11 is 3.38. The Balaban J connectivity index is 2.55. The van der Waals surface area contributed by atoms with Crippen LogP contribution in [0.25, 0.3) is 0 Å². The third kappa shape index (κ3) is 4.33. The zero-order valence-corrected chi connectivity index (χ0v) is 11.4. The van der Waals surface area contributed by atoms with Crippen molar-refractivity contribution in [2.45, 2.75) is 13.0 Å². The second-order valence-corrected chi connectivity index (χ2v) is 4.99. The normalized spacial score (nSPS) is 12.6. The Morgan fingerprint density at radius 2 is 1.94 bits per heavy atom. The Bertz CT molecular complexity index is 349. The second kappa shape index (κ2) is 6.01. The molecule has 4 heteroatoms. The number of amides is 1. The third-order valence-corrected chi connectivity index (χ3v) is 2.74. The lowest BCUT2D eigenvalue weighted by molar-refractivity contribution is -0.122. The Morgan fingerprint density at radius 1 is 1.38 bits per heavy atom. The van der Waals surface area contributed by atoms with Gasteiger partial charge in [-0.3, -0.25) is 4.79 Å². The SMILES string of the molecule is CC(NC(=O)CN(C)C)c1ccc(Br)cc1. The highest BCUT2D eigenvalue weighted by Gasteiger charge is 2.09. The van der Waals surface area contributed by atoms with E-state index in [2.05, 4.69) is 21.2 Å². The summed E-state index contributed by atoms with van der Waals surface area (Å²) in [6, 6.07) is 8.00. The van der Waals surface area contributed by atoms with Crippen LogP contribution in [0.4, 0.5) is 0 Å². The Hall–Kier alpha value is -0.870. The van der Waals surface area contributed by atoms with Gasteiger partial charge in [0.2, 0.25) is 5.91 Å². The van der Waals surface area contributed by atoms with Crippen LogP contribution in [-0.4, -0.2) is 31.4 Å². The number of hydrogen-bond acceptors (Lipinski definition) is 2. The lowest BCUT2D eigenvalue weighted by Gasteiger charge is -2.16. The van der Waals surface area contributed by atoms with Crippen LogP contribution < -0.4 is 5.32 Å². The number of rotatable bonds is 4. The van der Waals surface area contributed by atoms with E-state index in [1.165, 1.54) is 0 Å². The van der Waals surface area contributed by atoms with Gasteiger partial charge >= 0.3 is 0 Å². The molecule has 88 valence electrons. The third-order valence-electron chi connectivity index (χ3n) is 2.21. The highest BCUT2D eigenvalue weighted by Crippen LogP contribution is 2.16. The van der Waals surface area contributed by atoms with Gasteiger partial charge in [-0.05, 0) is 38.7 Å². The van der Waals surface area contributed by atoms with Gasteiger partial charge in [0.15, 0.2) is 0 Å². The fourth-order valence-corrected chi connectivity index (χ4v) is 1.67. The van der Waals surface area contributed by atoms with Crippen LogP contribution in [0.15, 0.2) is 28.7 Å². The van der Waals surface area contributed by atoms with Crippen molar-refractivity contribution in [2.75, 3.05) is 20.6 Å². The second-order valence-electron chi connectivity index (χ2n) is 4.08. The van der Waals surface area contributed by atoms with Gasteiger partial charge in [-0.15, -0.1) is 0 Å². The summed E-state index contributed by atoms with van der Waals surface area (Å²) in [7, 11) is 3.76. The molecule has 0 radical (unpaired) electrons. The first-order chi connectivity index (χ1) is 7.49. The van der Waals surface area contributed by atoms with E-state index >= 15 is 0 Å². The van der Waals surface area contributed by atoms with Crippen molar-refractivity contribution in [2.24, 2.45) is 0 Å². The molecule has 0 saturated carbocycles. The molecule has 1 aromatic rings. The standard InChI is InChI=1S/C12H17BrN2O/c1-9(14-12(16)8-15(2)3)10-4-6-11(13)7-5-10/h4-7,9H,8H2,1-3H3,(H,14,16). The van der Waals surface area contributed by atoms with E-state index in [0.717, 1.165) is 10.0 Å². The lowest BCUT2D eigenvalue weighted by atomic mass is 10.1. The van der Waals surface area contributed by atoms with Crippen molar-refractivity contribution in [1.29, 1.82) is 0 Å². The first-order valence-corrected chi connectivity index (χ1v) is 5.98. The number of nitrogens with one attached hydrogen (secondary N) is 1. The molecule has 0 saturated heterocycles. The minimum absolute atomic E-state index is 0.0421. The molecule has 0 fully saturated rings. The zero-order chi connectivity index (χ0) is 12.1. The maximum Gasteiger partial charge on any atom is 0.234 e. The number of likely N-dealkylation sites (N-methyl/N-ethyl adjacent to an activating group) is 1. The predicted octanol–water partition coefficient (Wildman–Crippen LogP) is 2.19. The van der Waals surface area contributed by atoms with Crippen LogP contribution in [-0.2, 0) is 4.79 Å². The fraction of sp³-hybridized carbons (Fsp3) is 0.417. The van der Waals surface area contributed by atoms with Crippen LogP contribution in [0.5, 0.6) is 0 Å². The van der Waals surface area contributed by atoms with Gasteiger partial charge in [-0.1, -0.05) is 28.1 Å². The number of halogens is 1. The van der Waals surface area contributed by atoms with Gasteiger partial charge in [0.05, 0.1) is 12.6 Å². The van der Waals surface area contributed by atoms with E-state index in [4.69, 9.17) is 0 Å². The highest BCUT2D eigenvalue weighted by molar-refractivity contribution is 9.10. The maximum atomic E-state index is 11.5. The lowest BCUT2D eigenvalue weighted by Crippen LogP contribution is -2.34. The molecule has 0 bridgehead atoms. The number of carbonyl (C=O) groups excluding carboxylic acids is 1. The number of nitrogens with zero attached hydrogens (tertiary/aromatic N) is 1. The molecule has 0 spiro atoms. The zero-order valence-electron chi connectivity index (χ0n) is 9.83. The van der Waals surface area contributed by atoms with Crippen LogP contribution in [0.1, 0.15) is 18.5 Å². The van der Waals surface area contributed by atoms with E-state index in [1.54, 1.807) is 0 Å². The molecular formula is C12H17BrN2O. The van der Waals surface area contributed by atoms with Gasteiger partial charge in [-0.2, -0.15) is 0 Å². The van der Waals surface area contributed by atoms with Crippen molar-refractivity contribution in [1.82, 2.24) is 10.2 Å². The van der Waals surface area contributed by atoms with E-state index in [1.807, 2.05) is 50.2 Å². The summed E-state index contributed by atoms with van der Waals surface area (Å²) in [5.74, 6) is 0.0421. The molecule has 0 heterocycles. The van der Waals surface area contributed by atoms with Gasteiger partial charge < -0.3 is 10.2 Å². The van der Waals surface area contributed by atoms with E-state index in [0.29, 0.717) is 6.54 Å². The molecule has 1 atom stereocenters. The van der Waals surface area contributed by atoms with Crippen molar-refractivity contribution < 1.29 is 4.79 Å². The number of hydrogen-bond donors (Lipinski definition) is 1. The molecular weight excluding hydrogens is 268 g/mol. The summed E-state index contributed by atoms with van der Waals surface area (Å²) in [4.78, 5) is 13.4. The molecule has 1 amide bonds. The van der Waals surface area contributed by atoms with Crippen LogP contribution >= 0.6 is 15.9 Å². The van der Waals surface area contributed by atoms with Crippen molar-refractivity contribution in [3.05, 3.63) is 34.3 Å². The Kier molecular flexibility index (Phi) is 4.96. The quantitative estimate of drug-likeness (QED) is 0.919. The highest BCUT2D eigenvalue weighted by atomic mass is 79.9. The van der Waals surface area contributed by atoms with Crippen molar-refractivity contribution in [3.63, 3.8) is 0 Å². The average Bonchev–Trinajstić information content (AvgIpc) is 2.16. The largest absolute Gasteiger partial charge is 0.348 e. The van der Waals surface area contributed by atoms with Crippen LogP contribution in [0.3, 0.4) is 0 Å². The minimum Gasteiger partial charge on any atom is -0.348 e. The molecule has 1 rings (SSSR count). The van der Waals surface area contributed by atoms with E-state index in [9.17, 15) is 4.79 Å². The first-order valence-electron chi connectivity index (χ1n) is 5.18. The molecule has 0 aromatic heterocycles. The van der Waals surface area contributed by atoms with Gasteiger partial charge in [0.1, 0.15) is 0 Å². The fourth-order valence-electron chi connectivity index (χ4n) is 1.41. The first kappa shape index (κ1) is 13.2. The maximum absolute atomic E-state index is 11.5. The van der Waals surface area contributed by atoms with Crippen molar-refractivity contribution >= 4 is 21.8 Å². The molecule has 0 aliphatic heterocycles. The Labute approximate surface area is 105 Å². The Morgan fingerprint density at radius 3 is 2.44 bits per heavy atom. The molecule has 3 nitrogen and oxygen atoms in total. The summed E-state index contributed by atoms with van der Waals surface area (Å²) in [6.07, 6.45) is 0. The topological polar surface area (TPSA) is 32.3 Å². The molecule has 1 unspecified atom stereocenters. The average molecular weight is 285 g/mol. The summed E-state index contributed by atoms with van der Waals surface area (Å²) in [6.45, 7) is 2.40. The number of carbonyl (C=O) groups is 1.